The molecule has 0 radical (unpaired) electrons. The number of aromatic nitrogens is 1. The molecule has 78 valence electrons. The summed E-state index contributed by atoms with van der Waals surface area (Å²) in [6.07, 6.45) is 0.501. The summed E-state index contributed by atoms with van der Waals surface area (Å²) in [4.78, 5) is 0. The summed E-state index contributed by atoms with van der Waals surface area (Å²) in [7, 11) is 1.90. The maximum atomic E-state index is 7.92. The van der Waals surface area contributed by atoms with E-state index >= 15 is 0 Å². The van der Waals surface area contributed by atoms with Gasteiger partial charge in [-0.25, -0.2) is 4.57 Å². The minimum Gasteiger partial charge on any atom is -0.205 e. The van der Waals surface area contributed by atoms with Crippen LogP contribution in [0.1, 0.15) is 8.44 Å². The topological polar surface area (TPSA) is 3.88 Å². The van der Waals surface area contributed by atoms with E-state index in [0.29, 0.717) is 12.2 Å². The summed E-state index contributed by atoms with van der Waals surface area (Å²) in [6, 6.07) is 12.2. The predicted octanol–water partition coefficient (Wildman–Crippen LogP) is 3.13. The zero-order chi connectivity index (χ0) is 12.9. The van der Waals surface area contributed by atoms with E-state index in [-0.39, 0.29) is 0 Å². The molecular formula is C15H14N+. The third-order valence-corrected chi connectivity index (χ3v) is 3.18. The lowest BCUT2D eigenvalue weighted by atomic mass is 10.0. The van der Waals surface area contributed by atoms with E-state index < -0.39 is 0 Å². The minimum absolute atomic E-state index is 0.501. The van der Waals surface area contributed by atoms with Gasteiger partial charge in [0.2, 0.25) is 0 Å². The lowest BCUT2D eigenvalue weighted by Crippen LogP contribution is -2.31. The van der Waals surface area contributed by atoms with Crippen LogP contribution in [-0.2, 0) is 7.05 Å². The first kappa shape index (κ1) is 7.39. The second-order valence-corrected chi connectivity index (χ2v) is 4.09. The Balaban J connectivity index is 2.60. The van der Waals surface area contributed by atoms with E-state index in [0.717, 1.165) is 27.2 Å². The molecule has 0 aliphatic carbocycles. The fraction of sp³-hybridized carbons (Fsp3) is 0.133. The van der Waals surface area contributed by atoms with Crippen LogP contribution in [0.5, 0.6) is 0 Å². The molecule has 0 aliphatic heterocycles. The molecule has 0 fully saturated rings. The molecule has 0 bridgehead atoms. The number of fused-ring (bicyclic) bond motifs is 3. The van der Waals surface area contributed by atoms with Gasteiger partial charge in [-0.3, -0.25) is 0 Å². The van der Waals surface area contributed by atoms with Gasteiger partial charge in [-0.2, -0.15) is 0 Å². The summed E-state index contributed by atoms with van der Waals surface area (Å²) in [6.45, 7) is 2.02. The standard InChI is InChI=1S/C15H14N/c1-11-15-13(9-10-16(11)2)8-7-12-5-3-4-6-14(12)15/h3-10H,1-2H3/q+1/i4T,10T. The molecule has 0 N–H and O–H groups in total. The van der Waals surface area contributed by atoms with Crippen LogP contribution in [0.15, 0.2) is 48.6 Å². The number of pyridine rings is 1. The Morgan fingerprint density at radius 3 is 2.75 bits per heavy atom. The van der Waals surface area contributed by atoms with Crippen molar-refractivity contribution in [2.45, 2.75) is 6.92 Å². The molecule has 1 heterocycles. The fourth-order valence-electron chi connectivity index (χ4n) is 2.18. The highest BCUT2D eigenvalue weighted by Gasteiger charge is 2.09. The molecule has 0 saturated carbocycles. The highest BCUT2D eigenvalue weighted by molar-refractivity contribution is 6.07. The zero-order valence-corrected chi connectivity index (χ0v) is 9.41. The Morgan fingerprint density at radius 2 is 1.88 bits per heavy atom. The molecule has 3 rings (SSSR count). The van der Waals surface area contributed by atoms with Crippen LogP contribution in [-0.4, -0.2) is 0 Å². The zero-order valence-electron chi connectivity index (χ0n) is 11.4. The average Bonchev–Trinajstić information content (AvgIpc) is 2.35. The van der Waals surface area contributed by atoms with Gasteiger partial charge >= 0.3 is 0 Å². The smallest absolute Gasteiger partial charge is 0.186 e. The van der Waals surface area contributed by atoms with E-state index in [2.05, 4.69) is 6.07 Å². The Morgan fingerprint density at radius 1 is 1.06 bits per heavy atom. The molecule has 0 unspecified atom stereocenters. The van der Waals surface area contributed by atoms with Gasteiger partial charge in [0.05, 0.1) is 6.76 Å². The molecule has 1 heteroatoms. The molecule has 1 nitrogen and oxygen atoms in total. The third kappa shape index (κ3) is 1.21. The van der Waals surface area contributed by atoms with Gasteiger partial charge in [0, 0.05) is 13.0 Å². The van der Waals surface area contributed by atoms with Crippen LogP contribution < -0.4 is 4.57 Å². The van der Waals surface area contributed by atoms with Crippen LogP contribution in [0.2, 0.25) is 0 Å². The van der Waals surface area contributed by atoms with E-state index in [1.54, 1.807) is 0 Å². The monoisotopic (exact) mass is 212 g/mol. The van der Waals surface area contributed by atoms with Crippen molar-refractivity contribution in [3.05, 3.63) is 54.3 Å². The molecule has 0 atom stereocenters. The van der Waals surface area contributed by atoms with Crippen molar-refractivity contribution in [3.63, 3.8) is 0 Å². The summed E-state index contributed by atoms with van der Waals surface area (Å²) < 4.78 is 17.6. The normalized spacial score (nSPS) is 12.9. The van der Waals surface area contributed by atoms with Crippen molar-refractivity contribution < 1.29 is 7.31 Å². The van der Waals surface area contributed by atoms with Crippen molar-refractivity contribution in [2.24, 2.45) is 7.05 Å². The molecule has 0 aliphatic rings. The molecule has 1 aromatic heterocycles. The van der Waals surface area contributed by atoms with Crippen molar-refractivity contribution >= 4 is 21.5 Å². The number of rotatable bonds is 0. The van der Waals surface area contributed by atoms with Gasteiger partial charge < -0.3 is 0 Å². The third-order valence-electron chi connectivity index (χ3n) is 3.18. The average molecular weight is 212 g/mol. The first-order valence-electron chi connectivity index (χ1n) is 6.37. The van der Waals surface area contributed by atoms with Gasteiger partial charge in [-0.1, -0.05) is 36.4 Å². The SMILES string of the molecule is [3H]c1ccc2ccc3cc([3H])[n+](C)c(C)c3c2c1. The number of hydrogen-bond acceptors (Lipinski definition) is 0. The molecular weight excluding hydrogens is 194 g/mol. The Bertz CT molecular complexity index is 778. The van der Waals surface area contributed by atoms with Crippen LogP contribution >= 0.6 is 0 Å². The van der Waals surface area contributed by atoms with Gasteiger partial charge in [-0.05, 0) is 16.2 Å². The van der Waals surface area contributed by atoms with Crippen LogP contribution in [0.25, 0.3) is 21.5 Å². The Kier molecular flexibility index (Phi) is 1.53. The van der Waals surface area contributed by atoms with Crippen LogP contribution in [0.4, 0.5) is 0 Å². The Hall–Kier alpha value is -1.89. The van der Waals surface area contributed by atoms with E-state index in [4.69, 9.17) is 2.74 Å². The number of benzene rings is 2. The van der Waals surface area contributed by atoms with Crippen LogP contribution in [0, 0.1) is 6.92 Å². The number of hydrogen-bond donors (Lipinski definition) is 0. The van der Waals surface area contributed by atoms with Gasteiger partial charge in [-0.15, -0.1) is 0 Å². The maximum Gasteiger partial charge on any atom is 0.186 e. The van der Waals surface area contributed by atoms with E-state index in [9.17, 15) is 0 Å². The first-order valence-corrected chi connectivity index (χ1v) is 5.37. The summed E-state index contributed by atoms with van der Waals surface area (Å²) in [5.74, 6) is 0. The summed E-state index contributed by atoms with van der Waals surface area (Å²) in [5, 5.41) is 4.43. The molecule has 3 aromatic rings. The van der Waals surface area contributed by atoms with Gasteiger partial charge in [0.25, 0.3) is 0 Å². The summed E-state index contributed by atoms with van der Waals surface area (Å²) >= 11 is 0. The molecule has 2 aromatic carbocycles. The van der Waals surface area contributed by atoms with Crippen molar-refractivity contribution in [3.8, 4) is 0 Å². The number of nitrogens with zero attached hydrogens (tertiary/aromatic N) is 1. The van der Waals surface area contributed by atoms with Crippen molar-refractivity contribution in [2.75, 3.05) is 0 Å². The number of aryl methyl sites for hydroxylation is 1. The van der Waals surface area contributed by atoms with E-state index in [1.165, 1.54) is 0 Å². The minimum atomic E-state index is 0.501. The Labute approximate surface area is 97.8 Å². The highest BCUT2D eigenvalue weighted by atomic mass is 14.9. The lowest BCUT2D eigenvalue weighted by Gasteiger charge is -2.04. The molecule has 16 heavy (non-hydrogen) atoms. The highest BCUT2D eigenvalue weighted by Crippen LogP contribution is 2.25. The lowest BCUT2D eigenvalue weighted by molar-refractivity contribution is -0.676. The first-order chi connectivity index (χ1) is 8.58. The largest absolute Gasteiger partial charge is 0.205 e. The second-order valence-electron chi connectivity index (χ2n) is 4.09. The maximum absolute atomic E-state index is 7.92. The quantitative estimate of drug-likeness (QED) is 0.398. The predicted molar refractivity (Wildman–Crippen MR) is 67.4 cm³/mol. The second kappa shape index (κ2) is 3.31. The van der Waals surface area contributed by atoms with Crippen molar-refractivity contribution in [1.82, 2.24) is 0 Å². The molecule has 0 saturated heterocycles. The molecule has 0 amide bonds. The van der Waals surface area contributed by atoms with E-state index in [1.807, 2.05) is 48.9 Å². The van der Waals surface area contributed by atoms with Crippen molar-refractivity contribution in [1.29, 1.82) is 0 Å². The summed E-state index contributed by atoms with van der Waals surface area (Å²) in [5.41, 5.74) is 1.06. The van der Waals surface area contributed by atoms with Gasteiger partial charge in [0.1, 0.15) is 8.42 Å². The van der Waals surface area contributed by atoms with Crippen LogP contribution in [0.3, 0.4) is 0 Å². The molecule has 0 spiro atoms. The van der Waals surface area contributed by atoms with Gasteiger partial charge in [0.15, 0.2) is 11.9 Å². The fourth-order valence-corrected chi connectivity index (χ4v) is 2.18.